The lowest BCUT2D eigenvalue weighted by Gasteiger charge is -2.14. The quantitative estimate of drug-likeness (QED) is 0.791. The standard InChI is InChI=1S/C16H23BrN2O2/c1-2-18-10-12-9-13(17)7-8-15(12)21-11-16(20)19-14-5-3-4-6-14/h7-9,14,18H,2-6,10-11H2,1H3,(H,19,20). The zero-order valence-electron chi connectivity index (χ0n) is 12.5. The van der Waals surface area contributed by atoms with Crippen LogP contribution in [0.15, 0.2) is 22.7 Å². The van der Waals surface area contributed by atoms with Gasteiger partial charge < -0.3 is 15.4 Å². The van der Waals surface area contributed by atoms with E-state index in [0.717, 1.165) is 41.7 Å². The minimum Gasteiger partial charge on any atom is -0.483 e. The van der Waals surface area contributed by atoms with Crippen molar-refractivity contribution in [2.24, 2.45) is 0 Å². The van der Waals surface area contributed by atoms with Gasteiger partial charge in [0.1, 0.15) is 5.75 Å². The molecule has 1 saturated carbocycles. The van der Waals surface area contributed by atoms with E-state index in [4.69, 9.17) is 4.74 Å². The summed E-state index contributed by atoms with van der Waals surface area (Å²) in [5.41, 5.74) is 1.06. The summed E-state index contributed by atoms with van der Waals surface area (Å²) in [5.74, 6) is 0.736. The second-order valence-electron chi connectivity index (χ2n) is 5.37. The third-order valence-electron chi connectivity index (χ3n) is 3.67. The van der Waals surface area contributed by atoms with Gasteiger partial charge in [0, 0.05) is 22.6 Å². The number of halogens is 1. The molecule has 0 saturated heterocycles. The van der Waals surface area contributed by atoms with Crippen LogP contribution in [0, 0.1) is 0 Å². The number of hydrogen-bond acceptors (Lipinski definition) is 3. The van der Waals surface area contributed by atoms with E-state index in [1.54, 1.807) is 0 Å². The molecular formula is C16H23BrN2O2. The molecule has 1 amide bonds. The first-order chi connectivity index (χ1) is 10.2. The molecule has 0 atom stereocenters. The Morgan fingerprint density at radius 1 is 1.38 bits per heavy atom. The molecule has 2 N–H and O–H groups in total. The summed E-state index contributed by atoms with van der Waals surface area (Å²) in [7, 11) is 0. The third-order valence-corrected chi connectivity index (χ3v) is 4.16. The SMILES string of the molecule is CCNCc1cc(Br)ccc1OCC(=O)NC1CCCC1. The molecule has 0 radical (unpaired) electrons. The number of hydrogen-bond donors (Lipinski definition) is 2. The van der Waals surface area contributed by atoms with Gasteiger partial charge in [-0.25, -0.2) is 0 Å². The second kappa shape index (κ2) is 8.39. The van der Waals surface area contributed by atoms with E-state index in [2.05, 4.69) is 33.5 Å². The van der Waals surface area contributed by atoms with Crippen molar-refractivity contribution in [3.63, 3.8) is 0 Å². The predicted molar refractivity (Wildman–Crippen MR) is 87.4 cm³/mol. The van der Waals surface area contributed by atoms with Crippen molar-refractivity contribution >= 4 is 21.8 Å². The molecule has 4 nitrogen and oxygen atoms in total. The van der Waals surface area contributed by atoms with E-state index in [1.165, 1.54) is 12.8 Å². The first-order valence-corrected chi connectivity index (χ1v) is 8.39. The minimum absolute atomic E-state index is 0.0285. The fourth-order valence-electron chi connectivity index (χ4n) is 2.57. The van der Waals surface area contributed by atoms with Crippen molar-refractivity contribution in [1.82, 2.24) is 10.6 Å². The fourth-order valence-corrected chi connectivity index (χ4v) is 2.98. The van der Waals surface area contributed by atoms with Crippen LogP contribution in [-0.4, -0.2) is 25.1 Å². The Bertz CT molecular complexity index is 473. The van der Waals surface area contributed by atoms with Crippen LogP contribution >= 0.6 is 15.9 Å². The van der Waals surface area contributed by atoms with Crippen molar-refractivity contribution in [2.45, 2.75) is 45.2 Å². The van der Waals surface area contributed by atoms with Gasteiger partial charge in [0.05, 0.1) is 0 Å². The Kier molecular flexibility index (Phi) is 6.51. The van der Waals surface area contributed by atoms with Gasteiger partial charge in [0.2, 0.25) is 0 Å². The highest BCUT2D eigenvalue weighted by Gasteiger charge is 2.17. The monoisotopic (exact) mass is 354 g/mol. The van der Waals surface area contributed by atoms with Crippen molar-refractivity contribution in [3.05, 3.63) is 28.2 Å². The normalized spacial score (nSPS) is 15.1. The lowest BCUT2D eigenvalue weighted by atomic mass is 10.2. The molecule has 1 aliphatic carbocycles. The van der Waals surface area contributed by atoms with Crippen LogP contribution in [-0.2, 0) is 11.3 Å². The molecule has 1 fully saturated rings. The van der Waals surface area contributed by atoms with Crippen molar-refractivity contribution in [1.29, 1.82) is 0 Å². The van der Waals surface area contributed by atoms with Gasteiger partial charge in [-0.1, -0.05) is 35.7 Å². The van der Waals surface area contributed by atoms with Gasteiger partial charge in [-0.15, -0.1) is 0 Å². The number of ether oxygens (including phenoxy) is 1. The summed E-state index contributed by atoms with van der Waals surface area (Å²) in [6.07, 6.45) is 4.61. The zero-order valence-corrected chi connectivity index (χ0v) is 14.0. The second-order valence-corrected chi connectivity index (χ2v) is 6.29. The Morgan fingerprint density at radius 3 is 2.86 bits per heavy atom. The van der Waals surface area contributed by atoms with Crippen LogP contribution in [0.3, 0.4) is 0 Å². The minimum atomic E-state index is -0.0285. The predicted octanol–water partition coefficient (Wildman–Crippen LogP) is 3.00. The number of carbonyl (C=O) groups excluding carboxylic acids is 1. The maximum atomic E-state index is 11.9. The summed E-state index contributed by atoms with van der Waals surface area (Å²) >= 11 is 3.46. The summed E-state index contributed by atoms with van der Waals surface area (Å²) in [5, 5.41) is 6.31. The van der Waals surface area contributed by atoms with Gasteiger partial charge in [-0.2, -0.15) is 0 Å². The zero-order chi connectivity index (χ0) is 15.1. The summed E-state index contributed by atoms with van der Waals surface area (Å²) in [6.45, 7) is 3.77. The average molecular weight is 355 g/mol. The van der Waals surface area contributed by atoms with E-state index in [9.17, 15) is 4.79 Å². The largest absolute Gasteiger partial charge is 0.483 e. The van der Waals surface area contributed by atoms with Crippen molar-refractivity contribution in [3.8, 4) is 5.75 Å². The lowest BCUT2D eigenvalue weighted by molar-refractivity contribution is -0.123. The molecule has 0 heterocycles. The summed E-state index contributed by atoms with van der Waals surface area (Å²) in [6, 6.07) is 6.19. The van der Waals surface area contributed by atoms with E-state index in [0.29, 0.717) is 6.04 Å². The van der Waals surface area contributed by atoms with Crippen LogP contribution in [0.5, 0.6) is 5.75 Å². The molecule has 0 aliphatic heterocycles. The molecule has 21 heavy (non-hydrogen) atoms. The van der Waals surface area contributed by atoms with Gasteiger partial charge in [0.15, 0.2) is 6.61 Å². The highest BCUT2D eigenvalue weighted by molar-refractivity contribution is 9.10. The molecule has 0 unspecified atom stereocenters. The average Bonchev–Trinajstić information content (AvgIpc) is 2.97. The number of rotatable bonds is 7. The number of nitrogens with one attached hydrogen (secondary N) is 2. The molecule has 1 aromatic carbocycles. The molecule has 2 rings (SSSR count). The van der Waals surface area contributed by atoms with Gasteiger partial charge in [-0.05, 0) is 37.6 Å². The molecule has 1 aliphatic rings. The highest BCUT2D eigenvalue weighted by Crippen LogP contribution is 2.23. The van der Waals surface area contributed by atoms with Crippen molar-refractivity contribution in [2.75, 3.05) is 13.2 Å². The van der Waals surface area contributed by atoms with Crippen molar-refractivity contribution < 1.29 is 9.53 Å². The topological polar surface area (TPSA) is 50.4 Å². The first kappa shape index (κ1) is 16.3. The summed E-state index contributed by atoms with van der Waals surface area (Å²) in [4.78, 5) is 11.9. The molecule has 1 aromatic rings. The first-order valence-electron chi connectivity index (χ1n) is 7.60. The molecule has 116 valence electrons. The Morgan fingerprint density at radius 2 is 2.14 bits per heavy atom. The van der Waals surface area contributed by atoms with Crippen LogP contribution in [0.25, 0.3) is 0 Å². The maximum absolute atomic E-state index is 11.9. The molecule has 0 spiro atoms. The Balaban J connectivity index is 1.87. The maximum Gasteiger partial charge on any atom is 0.258 e. The lowest BCUT2D eigenvalue weighted by Crippen LogP contribution is -2.36. The Labute approximate surface area is 134 Å². The number of benzene rings is 1. The van der Waals surface area contributed by atoms with Crippen LogP contribution < -0.4 is 15.4 Å². The molecule has 0 aromatic heterocycles. The smallest absolute Gasteiger partial charge is 0.258 e. The third kappa shape index (κ3) is 5.32. The van der Waals surface area contributed by atoms with E-state index < -0.39 is 0 Å². The van der Waals surface area contributed by atoms with E-state index >= 15 is 0 Å². The van der Waals surface area contributed by atoms with Crippen LogP contribution in [0.2, 0.25) is 0 Å². The Hall–Kier alpha value is -1.07. The van der Waals surface area contributed by atoms with Crippen LogP contribution in [0.1, 0.15) is 38.2 Å². The molecular weight excluding hydrogens is 332 g/mol. The van der Waals surface area contributed by atoms with Gasteiger partial charge in [-0.3, -0.25) is 4.79 Å². The molecule has 5 heteroatoms. The number of carbonyl (C=O) groups is 1. The van der Waals surface area contributed by atoms with E-state index in [1.807, 2.05) is 18.2 Å². The number of amides is 1. The fraction of sp³-hybridized carbons (Fsp3) is 0.562. The summed E-state index contributed by atoms with van der Waals surface area (Å²) < 4.78 is 6.70. The van der Waals surface area contributed by atoms with Gasteiger partial charge in [0.25, 0.3) is 5.91 Å². The molecule has 0 bridgehead atoms. The van der Waals surface area contributed by atoms with Gasteiger partial charge >= 0.3 is 0 Å². The highest BCUT2D eigenvalue weighted by atomic mass is 79.9. The van der Waals surface area contributed by atoms with E-state index in [-0.39, 0.29) is 12.5 Å². The van der Waals surface area contributed by atoms with Crippen LogP contribution in [0.4, 0.5) is 0 Å².